The minimum Gasteiger partial charge on any atom is -0.378 e. The lowest BCUT2D eigenvalue weighted by Gasteiger charge is -2.35. The Labute approximate surface area is 141 Å². The highest BCUT2D eigenvalue weighted by Crippen LogP contribution is 2.26. The van der Waals surface area contributed by atoms with E-state index in [4.69, 9.17) is 4.74 Å². The van der Waals surface area contributed by atoms with E-state index >= 15 is 0 Å². The standard InChI is InChI=1S/C16H21FN2O4S/c17-14-5-1-2-6-15(14)24(21,22)19-7-3-4-13(12-19)16(20)18-8-10-23-11-9-18/h1-2,5-6,13H,3-4,7-12H2. The summed E-state index contributed by atoms with van der Waals surface area (Å²) in [6, 6.07) is 5.34. The summed E-state index contributed by atoms with van der Waals surface area (Å²) < 4.78 is 45.8. The van der Waals surface area contributed by atoms with Gasteiger partial charge in [-0.2, -0.15) is 4.31 Å². The smallest absolute Gasteiger partial charge is 0.246 e. The van der Waals surface area contributed by atoms with Crippen LogP contribution in [0, 0.1) is 11.7 Å². The van der Waals surface area contributed by atoms with Crippen LogP contribution < -0.4 is 0 Å². The first kappa shape index (κ1) is 17.3. The molecule has 1 aromatic carbocycles. The third-order valence-corrected chi connectivity index (χ3v) is 6.41. The van der Waals surface area contributed by atoms with Gasteiger partial charge in [-0.05, 0) is 25.0 Å². The van der Waals surface area contributed by atoms with Crippen LogP contribution in [0.15, 0.2) is 29.2 Å². The zero-order valence-electron chi connectivity index (χ0n) is 13.4. The second-order valence-electron chi connectivity index (χ2n) is 6.07. The largest absolute Gasteiger partial charge is 0.378 e. The summed E-state index contributed by atoms with van der Waals surface area (Å²) in [5.41, 5.74) is 0. The Morgan fingerprint density at radius 3 is 2.58 bits per heavy atom. The lowest BCUT2D eigenvalue weighted by molar-refractivity contribution is -0.140. The van der Waals surface area contributed by atoms with Gasteiger partial charge in [0.05, 0.1) is 19.1 Å². The van der Waals surface area contributed by atoms with E-state index in [0.29, 0.717) is 45.7 Å². The van der Waals surface area contributed by atoms with Crippen LogP contribution in [0.3, 0.4) is 0 Å². The summed E-state index contributed by atoms with van der Waals surface area (Å²) in [6.45, 7) is 2.51. The van der Waals surface area contributed by atoms with Crippen LogP contribution in [0.4, 0.5) is 4.39 Å². The number of hydrogen-bond acceptors (Lipinski definition) is 4. The number of sulfonamides is 1. The van der Waals surface area contributed by atoms with Gasteiger partial charge >= 0.3 is 0 Å². The number of nitrogens with zero attached hydrogens (tertiary/aromatic N) is 2. The molecule has 0 saturated carbocycles. The third-order valence-electron chi connectivity index (χ3n) is 4.51. The summed E-state index contributed by atoms with van der Waals surface area (Å²) in [7, 11) is -3.93. The molecule has 6 nitrogen and oxygen atoms in total. The Morgan fingerprint density at radius 2 is 1.88 bits per heavy atom. The van der Waals surface area contributed by atoms with Crippen LogP contribution in [0.2, 0.25) is 0 Å². The molecule has 0 spiro atoms. The Morgan fingerprint density at radius 1 is 1.17 bits per heavy atom. The minimum absolute atomic E-state index is 0.0354. The van der Waals surface area contributed by atoms with Gasteiger partial charge in [0, 0.05) is 26.2 Å². The van der Waals surface area contributed by atoms with Gasteiger partial charge in [0.25, 0.3) is 0 Å². The highest BCUT2D eigenvalue weighted by molar-refractivity contribution is 7.89. The maximum absolute atomic E-state index is 13.9. The first-order valence-electron chi connectivity index (χ1n) is 8.11. The van der Waals surface area contributed by atoms with Crippen molar-refractivity contribution in [1.29, 1.82) is 0 Å². The Hall–Kier alpha value is -1.51. The molecule has 2 aliphatic heterocycles. The molecule has 132 valence electrons. The first-order chi connectivity index (χ1) is 11.5. The minimum atomic E-state index is -3.93. The number of piperidine rings is 1. The lowest BCUT2D eigenvalue weighted by atomic mass is 9.98. The predicted octanol–water partition coefficient (Wildman–Crippen LogP) is 1.09. The third kappa shape index (κ3) is 3.45. The molecule has 0 aliphatic carbocycles. The summed E-state index contributed by atoms with van der Waals surface area (Å²) >= 11 is 0. The molecule has 1 aromatic rings. The SMILES string of the molecule is O=C(C1CCCN(S(=O)(=O)c2ccccc2F)C1)N1CCOCC1. The van der Waals surface area contributed by atoms with Crippen molar-refractivity contribution in [2.45, 2.75) is 17.7 Å². The van der Waals surface area contributed by atoms with Crippen LogP contribution in [-0.2, 0) is 19.6 Å². The number of hydrogen-bond donors (Lipinski definition) is 0. The van der Waals surface area contributed by atoms with Gasteiger partial charge in [0.2, 0.25) is 15.9 Å². The Kier molecular flexibility index (Phi) is 5.17. The fourth-order valence-corrected chi connectivity index (χ4v) is 4.79. The molecule has 0 aromatic heterocycles. The molecule has 0 radical (unpaired) electrons. The van der Waals surface area contributed by atoms with E-state index in [1.54, 1.807) is 4.90 Å². The fourth-order valence-electron chi connectivity index (χ4n) is 3.20. The van der Waals surface area contributed by atoms with Gasteiger partial charge in [-0.1, -0.05) is 12.1 Å². The molecule has 3 rings (SSSR count). The number of ether oxygens (including phenoxy) is 1. The van der Waals surface area contributed by atoms with E-state index in [9.17, 15) is 17.6 Å². The highest BCUT2D eigenvalue weighted by Gasteiger charge is 2.36. The number of benzene rings is 1. The van der Waals surface area contributed by atoms with Crippen molar-refractivity contribution in [3.63, 3.8) is 0 Å². The molecule has 0 N–H and O–H groups in total. The number of morpholine rings is 1. The van der Waals surface area contributed by atoms with Gasteiger partial charge in [0.1, 0.15) is 10.7 Å². The first-order valence-corrected chi connectivity index (χ1v) is 9.55. The van der Waals surface area contributed by atoms with Crippen molar-refractivity contribution < 1.29 is 22.3 Å². The molecule has 24 heavy (non-hydrogen) atoms. The van der Waals surface area contributed by atoms with Crippen molar-refractivity contribution in [2.75, 3.05) is 39.4 Å². The van der Waals surface area contributed by atoms with Crippen LogP contribution in [-0.4, -0.2) is 62.9 Å². The number of rotatable bonds is 3. The molecular weight excluding hydrogens is 335 g/mol. The molecule has 8 heteroatoms. The van der Waals surface area contributed by atoms with Crippen molar-refractivity contribution in [1.82, 2.24) is 9.21 Å². The number of carbonyl (C=O) groups is 1. The molecule has 1 amide bonds. The van der Waals surface area contributed by atoms with Crippen molar-refractivity contribution >= 4 is 15.9 Å². The molecule has 2 heterocycles. The molecule has 0 bridgehead atoms. The predicted molar refractivity (Wildman–Crippen MR) is 85.3 cm³/mol. The fraction of sp³-hybridized carbons (Fsp3) is 0.562. The highest BCUT2D eigenvalue weighted by atomic mass is 32.2. The molecule has 2 saturated heterocycles. The van der Waals surface area contributed by atoms with Crippen LogP contribution >= 0.6 is 0 Å². The lowest BCUT2D eigenvalue weighted by Crippen LogP contribution is -2.49. The van der Waals surface area contributed by atoms with Crippen molar-refractivity contribution in [3.8, 4) is 0 Å². The average Bonchev–Trinajstić information content (AvgIpc) is 2.62. The normalized spacial score (nSPS) is 23.2. The van der Waals surface area contributed by atoms with E-state index in [1.807, 2.05) is 0 Å². The summed E-state index contributed by atoms with van der Waals surface area (Å²) in [5.74, 6) is -1.18. The molecule has 2 aliphatic rings. The van der Waals surface area contributed by atoms with E-state index in [0.717, 1.165) is 6.07 Å². The topological polar surface area (TPSA) is 66.9 Å². The van der Waals surface area contributed by atoms with Gasteiger partial charge in [-0.25, -0.2) is 12.8 Å². The van der Waals surface area contributed by atoms with Crippen molar-refractivity contribution in [3.05, 3.63) is 30.1 Å². The Balaban J connectivity index is 1.75. The van der Waals surface area contributed by atoms with Crippen LogP contribution in [0.25, 0.3) is 0 Å². The van der Waals surface area contributed by atoms with E-state index in [2.05, 4.69) is 0 Å². The van der Waals surface area contributed by atoms with Gasteiger partial charge in [-0.15, -0.1) is 0 Å². The molecule has 2 fully saturated rings. The summed E-state index contributed by atoms with van der Waals surface area (Å²) in [4.78, 5) is 14.0. The maximum atomic E-state index is 13.9. The average molecular weight is 356 g/mol. The van der Waals surface area contributed by atoms with Crippen LogP contribution in [0.1, 0.15) is 12.8 Å². The zero-order chi connectivity index (χ0) is 17.2. The van der Waals surface area contributed by atoms with Crippen LogP contribution in [0.5, 0.6) is 0 Å². The quantitative estimate of drug-likeness (QED) is 0.813. The Bertz CT molecular complexity index is 704. The molecule has 1 unspecified atom stereocenters. The van der Waals surface area contributed by atoms with E-state index in [1.165, 1.54) is 22.5 Å². The van der Waals surface area contributed by atoms with Crippen molar-refractivity contribution in [2.24, 2.45) is 5.92 Å². The number of halogens is 1. The number of carbonyl (C=O) groups excluding carboxylic acids is 1. The molecular formula is C16H21FN2O4S. The summed E-state index contributed by atoms with van der Waals surface area (Å²) in [6.07, 6.45) is 1.24. The van der Waals surface area contributed by atoms with E-state index < -0.39 is 15.8 Å². The second-order valence-corrected chi connectivity index (χ2v) is 7.98. The monoisotopic (exact) mass is 356 g/mol. The summed E-state index contributed by atoms with van der Waals surface area (Å²) in [5, 5.41) is 0. The van der Waals surface area contributed by atoms with Gasteiger partial charge < -0.3 is 9.64 Å². The van der Waals surface area contributed by atoms with Gasteiger partial charge in [0.15, 0.2) is 0 Å². The number of amides is 1. The van der Waals surface area contributed by atoms with Gasteiger partial charge in [-0.3, -0.25) is 4.79 Å². The molecule has 1 atom stereocenters. The van der Waals surface area contributed by atoms with E-state index in [-0.39, 0.29) is 23.3 Å². The second kappa shape index (κ2) is 7.16. The zero-order valence-corrected chi connectivity index (χ0v) is 14.2. The maximum Gasteiger partial charge on any atom is 0.246 e.